The first-order valence-corrected chi connectivity index (χ1v) is 8.50. The van der Waals surface area contributed by atoms with E-state index in [1.807, 2.05) is 18.2 Å². The summed E-state index contributed by atoms with van der Waals surface area (Å²) in [6, 6.07) is 13.5. The summed E-state index contributed by atoms with van der Waals surface area (Å²) in [5, 5.41) is 13.1. The van der Waals surface area contributed by atoms with E-state index in [2.05, 4.69) is 45.5 Å². The third-order valence-corrected chi connectivity index (χ3v) is 5.53. The lowest BCUT2D eigenvalue weighted by Crippen LogP contribution is -2.30. The summed E-state index contributed by atoms with van der Waals surface area (Å²) in [4.78, 5) is 11.6. The molecule has 0 fully saturated rings. The molecule has 4 heteroatoms. The second-order valence-corrected chi connectivity index (χ2v) is 6.93. The molecule has 23 heavy (non-hydrogen) atoms. The van der Waals surface area contributed by atoms with Gasteiger partial charge in [-0.05, 0) is 51.5 Å². The normalized spacial score (nSPS) is 24.7. The molecule has 2 N–H and O–H groups in total. The number of carboxylic acid groups (broad SMARTS) is 1. The highest BCUT2D eigenvalue weighted by Crippen LogP contribution is 2.51. The van der Waals surface area contributed by atoms with E-state index < -0.39 is 5.97 Å². The molecule has 1 heterocycles. The van der Waals surface area contributed by atoms with Gasteiger partial charge in [0, 0.05) is 10.4 Å². The topological polar surface area (TPSA) is 49.3 Å². The summed E-state index contributed by atoms with van der Waals surface area (Å²) in [6.07, 6.45) is 5.43. The number of anilines is 1. The van der Waals surface area contributed by atoms with E-state index in [1.54, 1.807) is 12.1 Å². The number of halogens is 1. The van der Waals surface area contributed by atoms with Crippen molar-refractivity contribution < 1.29 is 9.90 Å². The molecule has 0 spiro atoms. The first-order valence-electron chi connectivity index (χ1n) is 7.70. The van der Waals surface area contributed by atoms with Crippen molar-refractivity contribution in [2.24, 2.45) is 5.92 Å². The molecule has 0 saturated heterocycles. The minimum atomic E-state index is -0.872. The van der Waals surface area contributed by atoms with Gasteiger partial charge in [0.05, 0.1) is 17.3 Å². The number of carboxylic acids is 1. The van der Waals surface area contributed by atoms with Crippen molar-refractivity contribution in [1.82, 2.24) is 0 Å². The number of allylic oxidation sites excluding steroid dienone is 2. The number of para-hydroxylation sites is 1. The molecule has 2 aliphatic rings. The lowest BCUT2D eigenvalue weighted by atomic mass is 9.76. The minimum Gasteiger partial charge on any atom is -0.478 e. The molecule has 3 nitrogen and oxygen atoms in total. The molecule has 2 aromatic rings. The van der Waals surface area contributed by atoms with Gasteiger partial charge in [0.1, 0.15) is 0 Å². The van der Waals surface area contributed by atoms with E-state index >= 15 is 0 Å². The first kappa shape index (κ1) is 14.5. The van der Waals surface area contributed by atoms with Crippen LogP contribution in [0.15, 0.2) is 59.1 Å². The number of nitrogens with one attached hydrogen (secondary N) is 1. The number of fused-ring (bicyclic) bond motifs is 3. The van der Waals surface area contributed by atoms with E-state index in [1.165, 1.54) is 5.56 Å². The van der Waals surface area contributed by atoms with Crippen LogP contribution >= 0.6 is 15.9 Å². The maximum Gasteiger partial charge on any atom is 0.336 e. The molecule has 0 unspecified atom stereocenters. The third-order valence-electron chi connectivity index (χ3n) is 4.87. The van der Waals surface area contributed by atoms with Crippen LogP contribution in [0.25, 0.3) is 0 Å². The number of aromatic carboxylic acids is 1. The molecule has 3 atom stereocenters. The summed E-state index contributed by atoms with van der Waals surface area (Å²) < 4.78 is 1.02. The maximum absolute atomic E-state index is 11.6. The zero-order valence-corrected chi connectivity index (χ0v) is 14.0. The van der Waals surface area contributed by atoms with Crippen LogP contribution in [0.2, 0.25) is 0 Å². The highest BCUT2D eigenvalue weighted by molar-refractivity contribution is 9.10. The number of benzene rings is 2. The molecular formula is C19H16BrNO2. The summed E-state index contributed by atoms with van der Waals surface area (Å²) in [5.74, 6) is -0.198. The molecule has 0 radical (unpaired) electrons. The Morgan fingerprint density at radius 3 is 2.74 bits per heavy atom. The van der Waals surface area contributed by atoms with Gasteiger partial charge in [-0.15, -0.1) is 0 Å². The molecule has 0 aromatic heterocycles. The molecular weight excluding hydrogens is 354 g/mol. The fourth-order valence-electron chi connectivity index (χ4n) is 3.85. The van der Waals surface area contributed by atoms with Crippen LogP contribution < -0.4 is 5.32 Å². The van der Waals surface area contributed by atoms with Gasteiger partial charge >= 0.3 is 5.97 Å². The molecule has 1 aliphatic heterocycles. The van der Waals surface area contributed by atoms with Crippen molar-refractivity contribution in [3.05, 3.63) is 75.8 Å². The van der Waals surface area contributed by atoms with Gasteiger partial charge in [0.15, 0.2) is 0 Å². The Balaban J connectivity index is 1.86. The third kappa shape index (κ3) is 2.29. The highest BCUT2D eigenvalue weighted by Gasteiger charge is 2.39. The molecule has 0 amide bonds. The van der Waals surface area contributed by atoms with Gasteiger partial charge in [0.25, 0.3) is 0 Å². The quantitative estimate of drug-likeness (QED) is 0.734. The summed E-state index contributed by atoms with van der Waals surface area (Å²) in [5.41, 5.74) is 3.60. The molecule has 116 valence electrons. The van der Waals surface area contributed by atoms with E-state index in [-0.39, 0.29) is 6.04 Å². The van der Waals surface area contributed by atoms with Gasteiger partial charge in [-0.3, -0.25) is 0 Å². The molecule has 0 bridgehead atoms. The largest absolute Gasteiger partial charge is 0.478 e. The van der Waals surface area contributed by atoms with Crippen molar-refractivity contribution in [3.63, 3.8) is 0 Å². The zero-order valence-electron chi connectivity index (χ0n) is 12.4. The smallest absolute Gasteiger partial charge is 0.336 e. The minimum absolute atomic E-state index is 0.00602. The van der Waals surface area contributed by atoms with Crippen molar-refractivity contribution in [1.29, 1.82) is 0 Å². The average molecular weight is 370 g/mol. The van der Waals surface area contributed by atoms with E-state index in [0.29, 0.717) is 17.4 Å². The number of hydrogen-bond acceptors (Lipinski definition) is 2. The second-order valence-electron chi connectivity index (χ2n) is 6.07. The SMILES string of the molecule is O=C(O)c1ccccc1[C@@H]1Nc2c(Br)cccc2[C@H]2C=CC[C@H]21. The van der Waals surface area contributed by atoms with Gasteiger partial charge in [-0.2, -0.15) is 0 Å². The van der Waals surface area contributed by atoms with Gasteiger partial charge in [-0.1, -0.05) is 42.5 Å². The Hall–Kier alpha value is -2.07. The Bertz CT molecular complexity index is 815. The Kier molecular flexibility index (Phi) is 3.49. The van der Waals surface area contributed by atoms with Crippen LogP contribution in [0.1, 0.15) is 39.9 Å². The Morgan fingerprint density at radius 2 is 1.91 bits per heavy atom. The van der Waals surface area contributed by atoms with Crippen molar-refractivity contribution in [2.45, 2.75) is 18.4 Å². The standard InChI is InChI=1S/C19H16BrNO2/c20-16-10-4-9-13-11-7-3-8-12(11)17(21-18(13)16)14-5-1-2-6-15(14)19(22)23/h1-7,9-12,17,21H,8H2,(H,22,23)/t11-,12+,17+/m0/s1. The molecule has 4 rings (SSSR count). The van der Waals surface area contributed by atoms with Crippen LogP contribution in [-0.2, 0) is 0 Å². The number of hydrogen-bond donors (Lipinski definition) is 2. The second kappa shape index (κ2) is 5.53. The number of carbonyl (C=O) groups is 1. The predicted octanol–water partition coefficient (Wildman–Crippen LogP) is 4.97. The Morgan fingerprint density at radius 1 is 1.13 bits per heavy atom. The molecule has 0 saturated carbocycles. The van der Waals surface area contributed by atoms with Crippen LogP contribution in [0.5, 0.6) is 0 Å². The van der Waals surface area contributed by atoms with Gasteiger partial charge < -0.3 is 10.4 Å². The van der Waals surface area contributed by atoms with Crippen LogP contribution in [-0.4, -0.2) is 11.1 Å². The maximum atomic E-state index is 11.6. The predicted molar refractivity (Wildman–Crippen MR) is 93.9 cm³/mol. The van der Waals surface area contributed by atoms with Crippen molar-refractivity contribution in [3.8, 4) is 0 Å². The number of rotatable bonds is 2. The van der Waals surface area contributed by atoms with Gasteiger partial charge in [-0.25, -0.2) is 4.79 Å². The van der Waals surface area contributed by atoms with E-state index in [4.69, 9.17) is 0 Å². The van der Waals surface area contributed by atoms with E-state index in [9.17, 15) is 9.90 Å². The van der Waals surface area contributed by atoms with Gasteiger partial charge in [0.2, 0.25) is 0 Å². The average Bonchev–Trinajstić information content (AvgIpc) is 3.04. The van der Waals surface area contributed by atoms with Crippen molar-refractivity contribution in [2.75, 3.05) is 5.32 Å². The fraction of sp³-hybridized carbons (Fsp3) is 0.211. The highest BCUT2D eigenvalue weighted by atomic mass is 79.9. The lowest BCUT2D eigenvalue weighted by Gasteiger charge is -2.38. The van der Waals surface area contributed by atoms with Crippen LogP contribution in [0.4, 0.5) is 5.69 Å². The summed E-state index contributed by atoms with van der Waals surface area (Å²) >= 11 is 3.62. The molecule has 1 aliphatic carbocycles. The first-order chi connectivity index (χ1) is 11.2. The van der Waals surface area contributed by atoms with Crippen LogP contribution in [0.3, 0.4) is 0 Å². The Labute approximate surface area is 143 Å². The summed E-state index contributed by atoms with van der Waals surface area (Å²) in [7, 11) is 0. The summed E-state index contributed by atoms with van der Waals surface area (Å²) in [6.45, 7) is 0. The van der Waals surface area contributed by atoms with Crippen molar-refractivity contribution >= 4 is 27.6 Å². The zero-order chi connectivity index (χ0) is 16.0. The molecule has 2 aromatic carbocycles. The fourth-order valence-corrected chi connectivity index (χ4v) is 4.35. The van der Waals surface area contributed by atoms with E-state index in [0.717, 1.165) is 22.1 Å². The lowest BCUT2D eigenvalue weighted by molar-refractivity contribution is 0.0694. The van der Waals surface area contributed by atoms with Crippen LogP contribution in [0, 0.1) is 5.92 Å². The monoisotopic (exact) mass is 369 g/mol.